The van der Waals surface area contributed by atoms with E-state index in [4.69, 9.17) is 15.2 Å². The van der Waals surface area contributed by atoms with E-state index in [1.807, 2.05) is 0 Å². The molecular weight excluding hydrogens is 448 g/mol. The van der Waals surface area contributed by atoms with E-state index in [9.17, 15) is 15.1 Å². The van der Waals surface area contributed by atoms with Crippen LogP contribution in [-0.2, 0) is 15.9 Å². The number of nitroso groups, excluding NO2 is 1. The molecule has 0 unspecified atom stereocenters. The van der Waals surface area contributed by atoms with Gasteiger partial charge in [0, 0.05) is 48.9 Å². The second kappa shape index (κ2) is 9.59. The quantitative estimate of drug-likeness (QED) is 0.151. The highest BCUT2D eigenvalue weighted by Crippen LogP contribution is 2.47. The maximum absolute atomic E-state index is 11.6. The molecule has 2 aliphatic rings. The summed E-state index contributed by atoms with van der Waals surface area (Å²) in [4.78, 5) is 14.0. The molecule has 0 radical (unpaired) electrons. The third-order valence-electron chi connectivity index (χ3n) is 7.00. The Hall–Kier alpha value is -3.56. The first-order chi connectivity index (χ1) is 17.0. The molecule has 0 amide bonds. The zero-order valence-corrected chi connectivity index (χ0v) is 19.5. The van der Waals surface area contributed by atoms with Gasteiger partial charge in [-0.05, 0) is 30.5 Å². The van der Waals surface area contributed by atoms with Crippen LogP contribution in [0.3, 0.4) is 0 Å². The van der Waals surface area contributed by atoms with Crippen LogP contribution in [0.25, 0.3) is 10.8 Å². The van der Waals surface area contributed by atoms with Gasteiger partial charge in [-0.1, -0.05) is 36.4 Å². The molecule has 4 N–H and O–H groups in total. The lowest BCUT2D eigenvalue weighted by Crippen LogP contribution is -2.45. The van der Waals surface area contributed by atoms with Crippen molar-refractivity contribution >= 4 is 27.8 Å². The molecule has 2 heterocycles. The lowest BCUT2D eigenvalue weighted by Gasteiger charge is -2.38. The molecule has 3 aromatic carbocycles. The summed E-state index contributed by atoms with van der Waals surface area (Å²) < 4.78 is 11.6. The van der Waals surface area contributed by atoms with Crippen molar-refractivity contribution < 1.29 is 19.7 Å². The van der Waals surface area contributed by atoms with Crippen molar-refractivity contribution in [3.05, 3.63) is 59.0 Å². The highest BCUT2D eigenvalue weighted by Gasteiger charge is 2.39. The summed E-state index contributed by atoms with van der Waals surface area (Å²) >= 11 is 0. The molecule has 2 aliphatic heterocycles. The zero-order valence-electron chi connectivity index (χ0n) is 19.5. The SMILES string of the molecule is Nc1c(N(CCCc2ccc(N3CCC4(CC3)OCCO4)cc2)N=O)c(O)c2ccccc2c1O. The Morgan fingerprint density at radius 2 is 1.60 bits per heavy atom. The van der Waals surface area contributed by atoms with Crippen LogP contribution in [-0.4, -0.2) is 48.8 Å². The van der Waals surface area contributed by atoms with Crippen LogP contribution in [0.15, 0.2) is 53.8 Å². The monoisotopic (exact) mass is 478 g/mol. The highest BCUT2D eigenvalue weighted by molar-refractivity contribution is 6.04. The number of nitrogens with zero attached hydrogens (tertiary/aromatic N) is 3. The average Bonchev–Trinajstić information content (AvgIpc) is 3.35. The van der Waals surface area contributed by atoms with Gasteiger partial charge in [-0.3, -0.25) is 0 Å². The number of phenolic OH excluding ortho intramolecular Hbond substituents is 2. The number of nitrogens with two attached hydrogens (primary N) is 1. The van der Waals surface area contributed by atoms with Crippen molar-refractivity contribution in [3.63, 3.8) is 0 Å². The summed E-state index contributed by atoms with van der Waals surface area (Å²) in [7, 11) is 0. The summed E-state index contributed by atoms with van der Waals surface area (Å²) in [5.74, 6) is -0.724. The number of fused-ring (bicyclic) bond motifs is 1. The number of ether oxygens (including phenoxy) is 2. The van der Waals surface area contributed by atoms with Gasteiger partial charge in [-0.25, -0.2) is 5.01 Å². The molecule has 5 rings (SSSR count). The highest BCUT2D eigenvalue weighted by atomic mass is 16.7. The number of aromatic hydroxyl groups is 2. The van der Waals surface area contributed by atoms with E-state index in [0.29, 0.717) is 30.4 Å². The predicted octanol–water partition coefficient (Wildman–Crippen LogP) is 4.30. The maximum Gasteiger partial charge on any atom is 0.171 e. The third kappa shape index (κ3) is 4.44. The Balaban J connectivity index is 1.21. The normalized spacial score (nSPS) is 17.2. The topological polar surface area (TPSA) is 121 Å². The summed E-state index contributed by atoms with van der Waals surface area (Å²) in [5.41, 5.74) is 8.33. The van der Waals surface area contributed by atoms with Gasteiger partial charge in [0.2, 0.25) is 0 Å². The minimum Gasteiger partial charge on any atom is -0.505 e. The number of hydrogen-bond donors (Lipinski definition) is 3. The second-order valence-electron chi connectivity index (χ2n) is 9.07. The van der Waals surface area contributed by atoms with Gasteiger partial charge in [-0.15, -0.1) is 4.91 Å². The summed E-state index contributed by atoms with van der Waals surface area (Å²) in [6.07, 6.45) is 3.06. The first kappa shape index (κ1) is 23.2. The molecule has 0 atom stereocenters. The van der Waals surface area contributed by atoms with Gasteiger partial charge in [0.25, 0.3) is 0 Å². The number of hydrogen-bond acceptors (Lipinski definition) is 8. The molecule has 1 spiro atoms. The standard InChI is InChI=1S/C26H30N4O5/c27-22-23(25(32)21-6-2-1-5-20(21)24(22)31)30(28-33)13-3-4-18-7-9-19(10-8-18)29-14-11-26(12-15-29)34-16-17-35-26/h1-2,5-10,31-32H,3-4,11-17,27H2. The Kier molecular flexibility index (Phi) is 6.36. The Bertz CT molecular complexity index is 1200. The Labute approximate surface area is 203 Å². The molecule has 184 valence electrons. The molecule has 35 heavy (non-hydrogen) atoms. The first-order valence-electron chi connectivity index (χ1n) is 12.0. The lowest BCUT2D eigenvalue weighted by molar-refractivity contribution is -0.169. The molecule has 0 bridgehead atoms. The van der Waals surface area contributed by atoms with Crippen molar-refractivity contribution in [2.24, 2.45) is 5.29 Å². The van der Waals surface area contributed by atoms with Gasteiger partial charge < -0.3 is 30.3 Å². The molecule has 9 nitrogen and oxygen atoms in total. The van der Waals surface area contributed by atoms with Gasteiger partial charge in [-0.2, -0.15) is 0 Å². The van der Waals surface area contributed by atoms with Gasteiger partial charge >= 0.3 is 0 Å². The number of aryl methyl sites for hydroxylation is 1. The van der Waals surface area contributed by atoms with Crippen LogP contribution in [0, 0.1) is 4.91 Å². The van der Waals surface area contributed by atoms with E-state index < -0.39 is 0 Å². The fourth-order valence-electron chi connectivity index (χ4n) is 5.06. The smallest absolute Gasteiger partial charge is 0.171 e. The number of anilines is 3. The fourth-order valence-corrected chi connectivity index (χ4v) is 5.06. The fraction of sp³-hybridized carbons (Fsp3) is 0.385. The van der Waals surface area contributed by atoms with E-state index >= 15 is 0 Å². The Morgan fingerprint density at radius 3 is 2.23 bits per heavy atom. The zero-order chi connectivity index (χ0) is 24.4. The van der Waals surface area contributed by atoms with Crippen molar-refractivity contribution in [3.8, 4) is 11.5 Å². The van der Waals surface area contributed by atoms with Crippen LogP contribution in [0.4, 0.5) is 17.1 Å². The lowest BCUT2D eigenvalue weighted by atomic mass is 10.0. The molecule has 0 saturated carbocycles. The maximum atomic E-state index is 11.6. The van der Waals surface area contributed by atoms with Crippen LogP contribution in [0.1, 0.15) is 24.8 Å². The Morgan fingerprint density at radius 1 is 0.971 bits per heavy atom. The van der Waals surface area contributed by atoms with Crippen LogP contribution in [0.2, 0.25) is 0 Å². The largest absolute Gasteiger partial charge is 0.505 e. The number of rotatable bonds is 7. The molecule has 2 saturated heterocycles. The number of piperidine rings is 1. The van der Waals surface area contributed by atoms with E-state index in [1.54, 1.807) is 24.3 Å². The van der Waals surface area contributed by atoms with Crippen molar-refractivity contribution in [1.82, 2.24) is 0 Å². The molecular formula is C26H30N4O5. The first-order valence-corrected chi connectivity index (χ1v) is 12.0. The second-order valence-corrected chi connectivity index (χ2v) is 9.07. The van der Waals surface area contributed by atoms with Gasteiger partial charge in [0.05, 0.1) is 18.5 Å². The third-order valence-corrected chi connectivity index (χ3v) is 7.00. The van der Waals surface area contributed by atoms with Crippen molar-refractivity contribution in [2.45, 2.75) is 31.5 Å². The van der Waals surface area contributed by atoms with Crippen molar-refractivity contribution in [2.75, 3.05) is 48.5 Å². The van der Waals surface area contributed by atoms with E-state index in [1.165, 1.54) is 5.69 Å². The molecule has 9 heteroatoms. The molecule has 3 aromatic rings. The molecule has 0 aliphatic carbocycles. The van der Waals surface area contributed by atoms with Crippen LogP contribution < -0.4 is 15.6 Å². The number of phenols is 2. The molecule has 0 aromatic heterocycles. The summed E-state index contributed by atoms with van der Waals surface area (Å²) in [6.45, 7) is 3.39. The minimum atomic E-state index is -0.380. The van der Waals surface area contributed by atoms with Crippen molar-refractivity contribution in [1.29, 1.82) is 0 Å². The predicted molar refractivity (Wildman–Crippen MR) is 136 cm³/mol. The number of benzene rings is 3. The van der Waals surface area contributed by atoms with E-state index in [0.717, 1.165) is 42.9 Å². The van der Waals surface area contributed by atoms with Gasteiger partial charge in [0.15, 0.2) is 11.5 Å². The summed E-state index contributed by atoms with van der Waals surface area (Å²) in [6, 6.07) is 15.2. The summed E-state index contributed by atoms with van der Waals surface area (Å²) in [5, 5.41) is 26.2. The minimum absolute atomic E-state index is 0.0321. The van der Waals surface area contributed by atoms with Gasteiger partial charge in [0.1, 0.15) is 17.1 Å². The van der Waals surface area contributed by atoms with Crippen LogP contribution >= 0.6 is 0 Å². The van der Waals surface area contributed by atoms with Crippen LogP contribution in [0.5, 0.6) is 11.5 Å². The van der Waals surface area contributed by atoms with E-state index in [-0.39, 0.29) is 35.2 Å². The average molecular weight is 479 g/mol. The molecule has 2 fully saturated rings. The number of nitrogen functional groups attached to an aromatic ring is 1. The van der Waals surface area contributed by atoms with E-state index in [2.05, 4.69) is 34.5 Å².